The summed E-state index contributed by atoms with van der Waals surface area (Å²) >= 11 is 25.4. The molecule has 0 aliphatic carbocycles. The van der Waals surface area contributed by atoms with Crippen LogP contribution >= 0.6 is 200 Å². The van der Waals surface area contributed by atoms with Crippen molar-refractivity contribution in [3.8, 4) is 0 Å². The molecule has 0 bridgehead atoms. The monoisotopic (exact) mass is 1820 g/mol. The number of nitrogens with zero attached hydrogens (tertiary/aromatic N) is 6. The van der Waals surface area contributed by atoms with Crippen molar-refractivity contribution in [3.63, 3.8) is 0 Å². The number of fused-ring (bicyclic) bond motifs is 2. The molecule has 0 heterocycles. The first-order valence-electron chi connectivity index (χ1n) is 10.9. The number of halogens is 10. The molecular weight excluding hydrogens is 1800 g/mol. The maximum Gasteiger partial charge on any atom is 0.249 e. The standard InChI is InChI=1S/C12H6N6O2.C10H10N2.CH3.B.10HI.2V/c13-17-15-11(19)9-3-1-7-5-10(12(20)16-18-14)4-2-8(7)6-9;11-9-3-1-7-5-10(12)4-2-8(7)6-9;;;;;;;;;;;;;;/h1-6H;1-6H,11-12H2;1H3;;10*1H;;/q;;-1;;;;;;;;;;;;2*+5/p-10. The van der Waals surface area contributed by atoms with E-state index in [1.807, 2.05) is 36.4 Å². The van der Waals surface area contributed by atoms with Gasteiger partial charge in [-0.1, -0.05) is 36.4 Å². The van der Waals surface area contributed by atoms with Crippen LogP contribution < -0.4 is 11.5 Å². The van der Waals surface area contributed by atoms with Crippen LogP contribution in [0.3, 0.4) is 0 Å². The Morgan fingerprint density at radius 2 is 0.783 bits per heavy atom. The second-order valence-corrected chi connectivity index (χ2v) is 244. The number of rotatable bonds is 2. The van der Waals surface area contributed by atoms with Crippen LogP contribution in [0.25, 0.3) is 42.4 Å². The van der Waals surface area contributed by atoms with Crippen molar-refractivity contribution in [2.24, 2.45) is 10.2 Å². The van der Waals surface area contributed by atoms with Crippen LogP contribution in [0.15, 0.2) is 83.0 Å². The molecule has 0 saturated heterocycles. The van der Waals surface area contributed by atoms with Gasteiger partial charge >= 0.3 is 191 Å². The number of hydrogen-bond acceptors (Lipinski definition) is 4. The first kappa shape index (κ1) is 51.6. The van der Waals surface area contributed by atoms with Crippen LogP contribution in [-0.2, 0) is -8.34 Å². The smallest absolute Gasteiger partial charge is 0.249 e. The Bertz CT molecular complexity index is 1640. The van der Waals surface area contributed by atoms with Crippen molar-refractivity contribution < 1.29 is 1.25 Å². The molecule has 4 N–H and O–H groups in total. The van der Waals surface area contributed by atoms with E-state index in [0.717, 1.165) is 22.1 Å². The summed E-state index contributed by atoms with van der Waals surface area (Å²) in [6, 6.07) is 20.9. The van der Waals surface area contributed by atoms with Crippen LogP contribution in [0, 0.1) is 7.43 Å². The molecule has 4 aromatic rings. The summed E-state index contributed by atoms with van der Waals surface area (Å²) in [6.45, 7) is 0. The van der Waals surface area contributed by atoms with Crippen molar-refractivity contribution >= 4 is 253 Å². The van der Waals surface area contributed by atoms with Crippen molar-refractivity contribution in [2.75, 3.05) is 11.5 Å². The Morgan fingerprint density at radius 3 is 1.04 bits per heavy atom. The molecule has 3 radical (unpaired) electrons. The molecule has 0 aliphatic rings. The number of carbonyl (C=O) groups excluding carboxylic acids is 2. The van der Waals surface area contributed by atoms with E-state index < -0.39 is 3.48 Å². The summed E-state index contributed by atoms with van der Waals surface area (Å²) in [5.74, 6) is -1.35. The summed E-state index contributed by atoms with van der Waals surface area (Å²) in [5, 5.41) is 9.66. The van der Waals surface area contributed by atoms with Gasteiger partial charge in [0, 0.05) is 40.7 Å². The third kappa shape index (κ3) is 27.1. The third-order valence-electron chi connectivity index (χ3n) is 4.49. The summed E-state index contributed by atoms with van der Waals surface area (Å²) < 4.78 is -3.28. The van der Waals surface area contributed by atoms with E-state index in [2.05, 4.69) is 220 Å². The topological polar surface area (TPSA) is 184 Å². The van der Waals surface area contributed by atoms with E-state index >= 15 is 0 Å². The molecule has 0 aromatic heterocycles. The maximum atomic E-state index is 11.4. The summed E-state index contributed by atoms with van der Waals surface area (Å²) in [5.41, 5.74) is 29.8. The van der Waals surface area contributed by atoms with E-state index in [0.29, 0.717) is 10.8 Å². The summed E-state index contributed by atoms with van der Waals surface area (Å²) in [6.07, 6.45) is 0. The van der Waals surface area contributed by atoms with E-state index in [4.69, 9.17) is 22.5 Å². The Hall–Kier alpha value is 3.49. The predicted octanol–water partition coefficient (Wildman–Crippen LogP) is 14.7. The quantitative estimate of drug-likeness (QED) is 0.0385. The number of azide groups is 2. The first-order chi connectivity index (χ1) is 19.9. The SMILES string of the molecule is Nc1ccc2cc(N)ccc2c1.[B].[CH3-].[I][V]([I])([I])([I])[I].[I][V]([I])([I])([I])[I].[N-]=[N+]=NC(=O)c1ccc2cc(C(=O)N=[N+]=[N-])ccc2c1. The van der Waals surface area contributed by atoms with Gasteiger partial charge in [0.1, 0.15) is 0 Å². The molecule has 0 atom stereocenters. The maximum absolute atomic E-state index is 11.4. The van der Waals surface area contributed by atoms with Crippen molar-refractivity contribution in [1.82, 2.24) is 0 Å². The molecule has 247 valence electrons. The Morgan fingerprint density at radius 1 is 0.543 bits per heavy atom. The predicted molar refractivity (Wildman–Crippen MR) is 276 cm³/mol. The average Bonchev–Trinajstić information content (AvgIpc) is 2.86. The van der Waals surface area contributed by atoms with Gasteiger partial charge in [0.2, 0.25) is 11.8 Å². The molecule has 0 unspecified atom stereocenters. The fraction of sp³-hybridized carbons (Fsp3) is 0. The zero-order chi connectivity index (χ0) is 34.0. The third-order valence-corrected chi connectivity index (χ3v) is 4.49. The number of benzene rings is 4. The second-order valence-electron chi connectivity index (χ2n) is 7.91. The van der Waals surface area contributed by atoms with Crippen LogP contribution in [0.1, 0.15) is 20.7 Å². The molecule has 0 aliphatic heterocycles. The Labute approximate surface area is 379 Å². The van der Waals surface area contributed by atoms with Gasteiger partial charge in [-0.05, 0) is 79.2 Å². The van der Waals surface area contributed by atoms with E-state index in [1.165, 1.54) is 12.1 Å². The van der Waals surface area contributed by atoms with Gasteiger partial charge in [-0.2, -0.15) is 0 Å². The molecule has 2 amide bonds. The van der Waals surface area contributed by atoms with Crippen molar-refractivity contribution in [2.45, 2.75) is 0 Å². The van der Waals surface area contributed by atoms with Gasteiger partial charge in [-0.25, -0.2) is 0 Å². The molecule has 46 heavy (non-hydrogen) atoms. The van der Waals surface area contributed by atoms with Gasteiger partial charge in [0.15, 0.2) is 0 Å². The zero-order valence-electron chi connectivity index (χ0n) is 22.8. The molecule has 4 rings (SSSR count). The number of nitrogens with two attached hydrogens (primary N) is 2. The number of anilines is 2. The first-order valence-corrected chi connectivity index (χ1v) is 55.9. The minimum absolute atomic E-state index is 0. The Balaban J connectivity index is 0. The van der Waals surface area contributed by atoms with E-state index in [9.17, 15) is 9.59 Å². The van der Waals surface area contributed by atoms with Crippen LogP contribution in [0.2, 0.25) is 0 Å². The van der Waals surface area contributed by atoms with Crippen molar-refractivity contribution in [3.05, 3.63) is 112 Å². The number of amides is 2. The average molecular weight is 1820 g/mol. The molecular formula is C23H19BI10N8O2V2-. The van der Waals surface area contributed by atoms with Gasteiger partial charge in [0.05, 0.1) is 0 Å². The molecule has 10 nitrogen and oxygen atoms in total. The number of carbonyl (C=O) groups is 2. The fourth-order valence-electron chi connectivity index (χ4n) is 2.99. The van der Waals surface area contributed by atoms with Gasteiger partial charge < -0.3 is 18.9 Å². The molecule has 0 spiro atoms. The van der Waals surface area contributed by atoms with Gasteiger partial charge in [-0.3, -0.25) is 9.59 Å². The zero-order valence-corrected chi connectivity index (χ0v) is 47.2. The molecule has 4 aromatic carbocycles. The van der Waals surface area contributed by atoms with Gasteiger partial charge in [-0.15, -0.1) is 0 Å². The molecule has 0 saturated carbocycles. The largest absolute Gasteiger partial charge is 0.287 e. The van der Waals surface area contributed by atoms with Crippen LogP contribution in [0.5, 0.6) is 0 Å². The summed E-state index contributed by atoms with van der Waals surface area (Å²) in [7, 11) is 0. The van der Waals surface area contributed by atoms with Crippen molar-refractivity contribution in [1.29, 1.82) is 0 Å². The number of hydrogen-bond donors (Lipinski definition) is 2. The van der Waals surface area contributed by atoms with Crippen LogP contribution in [-0.4, -0.2) is 20.2 Å². The number of nitrogen functional groups attached to an aromatic ring is 2. The van der Waals surface area contributed by atoms with E-state index in [1.54, 1.807) is 24.3 Å². The molecule has 23 heteroatoms. The summed E-state index contributed by atoms with van der Waals surface area (Å²) in [4.78, 5) is 27.7. The van der Waals surface area contributed by atoms with E-state index in [-0.39, 0.29) is 27.0 Å². The van der Waals surface area contributed by atoms with Gasteiger partial charge in [0.25, 0.3) is 0 Å². The minimum Gasteiger partial charge on any atom is -0.287 e. The fourth-order valence-corrected chi connectivity index (χ4v) is 2.99. The van der Waals surface area contributed by atoms with Crippen LogP contribution in [0.4, 0.5) is 11.4 Å². The second kappa shape index (κ2) is 22.6. The molecule has 0 fully saturated rings. The Kier molecular flexibility index (Phi) is 25.4. The minimum atomic E-state index is -1.64. The normalized spacial score (nSPS) is 11.8.